The summed E-state index contributed by atoms with van der Waals surface area (Å²) in [6, 6.07) is 7.89. The van der Waals surface area contributed by atoms with Gasteiger partial charge in [-0.3, -0.25) is 9.59 Å². The minimum Gasteiger partial charge on any atom is -0.341 e. The summed E-state index contributed by atoms with van der Waals surface area (Å²) in [6.07, 6.45) is 0. The van der Waals surface area contributed by atoms with Crippen molar-refractivity contribution in [3.63, 3.8) is 0 Å². The fourth-order valence-corrected chi connectivity index (χ4v) is 2.42. The van der Waals surface area contributed by atoms with Crippen molar-refractivity contribution in [3.8, 4) is 0 Å². The van der Waals surface area contributed by atoms with Gasteiger partial charge in [0.05, 0.1) is 5.92 Å². The van der Waals surface area contributed by atoms with Crippen molar-refractivity contribution >= 4 is 17.5 Å². The van der Waals surface area contributed by atoms with Crippen LogP contribution in [0.15, 0.2) is 24.3 Å². The number of hydrogen-bond acceptors (Lipinski definition) is 2. The summed E-state index contributed by atoms with van der Waals surface area (Å²) in [6.45, 7) is 7.28. The first kappa shape index (κ1) is 13.6. The number of benzene rings is 1. The summed E-state index contributed by atoms with van der Waals surface area (Å²) in [4.78, 5) is 27.1. The van der Waals surface area contributed by atoms with Gasteiger partial charge in [0.25, 0.3) is 0 Å². The highest BCUT2D eigenvalue weighted by molar-refractivity contribution is 5.97. The van der Waals surface area contributed by atoms with Crippen molar-refractivity contribution in [2.24, 2.45) is 5.92 Å². The predicted octanol–water partition coefficient (Wildman–Crippen LogP) is 1.83. The van der Waals surface area contributed by atoms with Crippen molar-refractivity contribution in [2.45, 2.75) is 20.8 Å². The fraction of sp³-hybridized carbons (Fsp3) is 0.467. The van der Waals surface area contributed by atoms with Crippen LogP contribution in [0, 0.1) is 12.8 Å². The minimum absolute atomic E-state index is 0.0444. The zero-order valence-corrected chi connectivity index (χ0v) is 11.7. The van der Waals surface area contributed by atoms with Crippen LogP contribution in [0.5, 0.6) is 0 Å². The molecule has 1 aromatic carbocycles. The number of aryl methyl sites for hydroxylation is 1. The Hall–Kier alpha value is -1.84. The molecule has 1 aliphatic rings. The molecule has 2 amide bonds. The SMILES string of the molecule is CCN(C(=O)C1CN(C(C)=O)C1)c1ccccc1C. The lowest BCUT2D eigenvalue weighted by atomic mass is 9.97. The van der Waals surface area contributed by atoms with Gasteiger partial charge in [-0.05, 0) is 25.5 Å². The molecule has 102 valence electrons. The van der Waals surface area contributed by atoms with Crippen LogP contribution in [0.3, 0.4) is 0 Å². The highest BCUT2D eigenvalue weighted by Gasteiger charge is 2.36. The lowest BCUT2D eigenvalue weighted by Crippen LogP contribution is -2.56. The van der Waals surface area contributed by atoms with Gasteiger partial charge in [0, 0.05) is 32.2 Å². The van der Waals surface area contributed by atoms with Gasteiger partial charge in [-0.1, -0.05) is 18.2 Å². The Balaban J connectivity index is 2.09. The largest absolute Gasteiger partial charge is 0.341 e. The molecule has 19 heavy (non-hydrogen) atoms. The van der Waals surface area contributed by atoms with Crippen LogP contribution in [0.4, 0.5) is 5.69 Å². The van der Waals surface area contributed by atoms with Gasteiger partial charge in [-0.15, -0.1) is 0 Å². The molecule has 0 N–H and O–H groups in total. The van der Waals surface area contributed by atoms with Crippen LogP contribution in [0.1, 0.15) is 19.4 Å². The highest BCUT2D eigenvalue weighted by Crippen LogP contribution is 2.24. The van der Waals surface area contributed by atoms with E-state index in [1.165, 1.54) is 0 Å². The molecule has 0 aliphatic carbocycles. The van der Waals surface area contributed by atoms with Crippen molar-refractivity contribution < 1.29 is 9.59 Å². The number of likely N-dealkylation sites (tertiary alicyclic amines) is 1. The molecule has 0 bridgehead atoms. The summed E-state index contributed by atoms with van der Waals surface area (Å²) in [5.74, 6) is 0.112. The number of anilines is 1. The van der Waals surface area contributed by atoms with E-state index >= 15 is 0 Å². The van der Waals surface area contributed by atoms with E-state index < -0.39 is 0 Å². The van der Waals surface area contributed by atoms with Crippen molar-refractivity contribution in [1.82, 2.24) is 4.90 Å². The van der Waals surface area contributed by atoms with Crippen LogP contribution >= 0.6 is 0 Å². The first-order valence-corrected chi connectivity index (χ1v) is 6.67. The predicted molar refractivity (Wildman–Crippen MR) is 75.0 cm³/mol. The van der Waals surface area contributed by atoms with Crippen molar-refractivity contribution in [1.29, 1.82) is 0 Å². The molecule has 0 saturated carbocycles. The third-order valence-corrected chi connectivity index (χ3v) is 3.66. The van der Waals surface area contributed by atoms with Gasteiger partial charge < -0.3 is 9.80 Å². The second-order valence-electron chi connectivity index (χ2n) is 4.99. The number of para-hydroxylation sites is 1. The molecular weight excluding hydrogens is 240 g/mol. The molecule has 0 unspecified atom stereocenters. The topological polar surface area (TPSA) is 40.6 Å². The van der Waals surface area contributed by atoms with Crippen LogP contribution < -0.4 is 4.90 Å². The van der Waals surface area contributed by atoms with Gasteiger partial charge >= 0.3 is 0 Å². The summed E-state index contributed by atoms with van der Waals surface area (Å²) in [5, 5.41) is 0. The Morgan fingerprint density at radius 3 is 2.47 bits per heavy atom. The maximum absolute atomic E-state index is 12.5. The van der Waals surface area contributed by atoms with Crippen LogP contribution in [0.2, 0.25) is 0 Å². The van der Waals surface area contributed by atoms with E-state index in [9.17, 15) is 9.59 Å². The Morgan fingerprint density at radius 2 is 1.95 bits per heavy atom. The van der Waals surface area contributed by atoms with Crippen LogP contribution in [-0.2, 0) is 9.59 Å². The number of carbonyl (C=O) groups excluding carboxylic acids is 2. The molecule has 0 aromatic heterocycles. The number of amides is 2. The molecule has 2 rings (SSSR count). The Bertz CT molecular complexity index is 493. The van der Waals surface area contributed by atoms with E-state index in [4.69, 9.17) is 0 Å². The lowest BCUT2D eigenvalue weighted by Gasteiger charge is -2.40. The lowest BCUT2D eigenvalue weighted by molar-refractivity contribution is -0.140. The van der Waals surface area contributed by atoms with E-state index in [1.54, 1.807) is 11.8 Å². The van der Waals surface area contributed by atoms with E-state index in [0.717, 1.165) is 11.3 Å². The highest BCUT2D eigenvalue weighted by atomic mass is 16.2. The van der Waals surface area contributed by atoms with Gasteiger partial charge in [0.2, 0.25) is 11.8 Å². The third kappa shape index (κ3) is 2.62. The number of hydrogen-bond donors (Lipinski definition) is 0. The summed E-state index contributed by atoms with van der Waals surface area (Å²) in [5.41, 5.74) is 2.07. The van der Waals surface area contributed by atoms with Gasteiger partial charge in [-0.2, -0.15) is 0 Å². The van der Waals surface area contributed by atoms with Gasteiger partial charge in [-0.25, -0.2) is 0 Å². The molecule has 0 atom stereocenters. The molecule has 1 saturated heterocycles. The van der Waals surface area contributed by atoms with E-state index in [-0.39, 0.29) is 17.7 Å². The number of carbonyl (C=O) groups is 2. The second-order valence-corrected chi connectivity index (χ2v) is 4.99. The first-order chi connectivity index (χ1) is 9.04. The normalized spacial score (nSPS) is 15.0. The number of rotatable bonds is 3. The van der Waals surface area contributed by atoms with Crippen LogP contribution in [0.25, 0.3) is 0 Å². The number of nitrogens with zero attached hydrogens (tertiary/aromatic N) is 2. The van der Waals surface area contributed by atoms with E-state index in [1.807, 2.05) is 43.0 Å². The fourth-order valence-electron chi connectivity index (χ4n) is 2.42. The molecule has 1 fully saturated rings. The van der Waals surface area contributed by atoms with E-state index in [0.29, 0.717) is 19.6 Å². The quantitative estimate of drug-likeness (QED) is 0.832. The Kier molecular flexibility index (Phi) is 3.88. The maximum Gasteiger partial charge on any atom is 0.233 e. The standard InChI is InChI=1S/C15H20N2O2/c1-4-17(14-8-6-5-7-11(14)2)15(19)13-9-16(10-13)12(3)18/h5-8,13H,4,9-10H2,1-3H3. The average Bonchev–Trinajstić information content (AvgIpc) is 2.30. The average molecular weight is 260 g/mol. The van der Waals surface area contributed by atoms with Gasteiger partial charge in [0.15, 0.2) is 0 Å². The second kappa shape index (κ2) is 5.43. The molecule has 0 radical (unpaired) electrons. The van der Waals surface area contributed by atoms with Gasteiger partial charge in [0.1, 0.15) is 0 Å². The summed E-state index contributed by atoms with van der Waals surface area (Å²) < 4.78 is 0. The molecule has 0 spiro atoms. The molecule has 1 heterocycles. The minimum atomic E-state index is -0.0524. The third-order valence-electron chi connectivity index (χ3n) is 3.66. The Morgan fingerprint density at radius 1 is 1.32 bits per heavy atom. The monoisotopic (exact) mass is 260 g/mol. The molecular formula is C15H20N2O2. The van der Waals surface area contributed by atoms with Crippen molar-refractivity contribution in [2.75, 3.05) is 24.5 Å². The Labute approximate surface area is 114 Å². The van der Waals surface area contributed by atoms with E-state index in [2.05, 4.69) is 0 Å². The molecule has 1 aliphatic heterocycles. The summed E-state index contributed by atoms with van der Waals surface area (Å²) >= 11 is 0. The molecule has 4 nitrogen and oxygen atoms in total. The zero-order chi connectivity index (χ0) is 14.0. The molecule has 1 aromatic rings. The zero-order valence-electron chi connectivity index (χ0n) is 11.7. The molecule has 4 heteroatoms. The van der Waals surface area contributed by atoms with Crippen molar-refractivity contribution in [3.05, 3.63) is 29.8 Å². The first-order valence-electron chi connectivity index (χ1n) is 6.67. The maximum atomic E-state index is 12.5. The summed E-state index contributed by atoms with van der Waals surface area (Å²) in [7, 11) is 0. The van der Waals surface area contributed by atoms with Crippen LogP contribution in [-0.4, -0.2) is 36.3 Å². The smallest absolute Gasteiger partial charge is 0.233 e.